The largest absolute Gasteiger partial charge is 0.377 e. The van der Waals surface area contributed by atoms with Gasteiger partial charge in [-0.3, -0.25) is 14.4 Å². The lowest BCUT2D eigenvalue weighted by Crippen LogP contribution is -2.68. The molecule has 172 valence electrons. The quantitative estimate of drug-likeness (QED) is 0.781. The highest BCUT2D eigenvalue weighted by Gasteiger charge is 2.57. The van der Waals surface area contributed by atoms with E-state index in [1.165, 1.54) is 0 Å². The predicted molar refractivity (Wildman–Crippen MR) is 119 cm³/mol. The molecule has 32 heavy (non-hydrogen) atoms. The number of amides is 3. The molecule has 1 N–H and O–H groups in total. The van der Waals surface area contributed by atoms with Gasteiger partial charge in [-0.25, -0.2) is 0 Å². The fraction of sp³-hybridized carbons (Fsp3) is 0.640. The lowest BCUT2D eigenvalue weighted by Gasteiger charge is -2.57. The summed E-state index contributed by atoms with van der Waals surface area (Å²) in [5.74, 6) is -0.0950. The molecule has 4 aliphatic rings. The maximum absolute atomic E-state index is 13.7. The van der Waals surface area contributed by atoms with Gasteiger partial charge in [0.2, 0.25) is 11.8 Å². The number of carbonyl (C=O) groups is 3. The molecule has 1 saturated carbocycles. The van der Waals surface area contributed by atoms with Crippen molar-refractivity contribution in [3.8, 4) is 0 Å². The fourth-order valence-corrected chi connectivity index (χ4v) is 6.00. The van der Waals surface area contributed by atoms with Crippen molar-refractivity contribution < 1.29 is 19.1 Å². The number of ether oxygens (including phenoxy) is 1. The van der Waals surface area contributed by atoms with E-state index in [1.807, 2.05) is 47.9 Å². The molecule has 0 aromatic heterocycles. The molecule has 3 aliphatic heterocycles. The molecule has 7 heteroatoms. The molecule has 1 aliphatic carbocycles. The lowest BCUT2D eigenvalue weighted by molar-refractivity contribution is -0.142. The van der Waals surface area contributed by atoms with Gasteiger partial charge in [0.05, 0.1) is 30.7 Å². The molecule has 2 saturated heterocycles. The Morgan fingerprint density at radius 2 is 1.81 bits per heavy atom. The highest BCUT2D eigenvalue weighted by atomic mass is 16.5. The van der Waals surface area contributed by atoms with E-state index < -0.39 is 11.5 Å². The van der Waals surface area contributed by atoms with Gasteiger partial charge >= 0.3 is 0 Å². The third kappa shape index (κ3) is 3.33. The van der Waals surface area contributed by atoms with E-state index >= 15 is 0 Å². The zero-order valence-corrected chi connectivity index (χ0v) is 19.0. The summed E-state index contributed by atoms with van der Waals surface area (Å²) in [6.07, 6.45) is 4.33. The van der Waals surface area contributed by atoms with Crippen LogP contribution in [0, 0.1) is 5.92 Å². The number of likely N-dealkylation sites (tertiary alicyclic amines) is 1. The van der Waals surface area contributed by atoms with Gasteiger partial charge in [-0.1, -0.05) is 24.6 Å². The van der Waals surface area contributed by atoms with Crippen LogP contribution in [0.1, 0.15) is 67.8 Å². The second-order valence-electron chi connectivity index (χ2n) is 10.1. The Hall–Kier alpha value is -2.41. The minimum Gasteiger partial charge on any atom is -0.377 e. The maximum Gasteiger partial charge on any atom is 0.254 e. The number of hydrogen-bond acceptors (Lipinski definition) is 4. The Morgan fingerprint density at radius 1 is 1.12 bits per heavy atom. The molecule has 1 atom stereocenters. The molecule has 1 aromatic carbocycles. The van der Waals surface area contributed by atoms with Crippen LogP contribution in [0.3, 0.4) is 0 Å². The zero-order chi connectivity index (χ0) is 22.5. The lowest BCUT2D eigenvalue weighted by atomic mass is 9.66. The van der Waals surface area contributed by atoms with E-state index in [1.54, 1.807) is 0 Å². The first-order valence-electron chi connectivity index (χ1n) is 12.0. The van der Waals surface area contributed by atoms with Crippen molar-refractivity contribution in [3.05, 3.63) is 35.4 Å². The van der Waals surface area contributed by atoms with Crippen LogP contribution in [-0.4, -0.2) is 71.4 Å². The van der Waals surface area contributed by atoms with Crippen molar-refractivity contribution in [3.63, 3.8) is 0 Å². The topological polar surface area (TPSA) is 79.0 Å². The molecule has 3 amide bonds. The first kappa shape index (κ1) is 21.4. The summed E-state index contributed by atoms with van der Waals surface area (Å²) in [5, 5.41) is 3.16. The smallest absolute Gasteiger partial charge is 0.254 e. The third-order valence-electron chi connectivity index (χ3n) is 7.90. The van der Waals surface area contributed by atoms with Gasteiger partial charge in [-0.15, -0.1) is 0 Å². The molecule has 1 aromatic rings. The summed E-state index contributed by atoms with van der Waals surface area (Å²) in [6, 6.07) is 7.51. The zero-order valence-electron chi connectivity index (χ0n) is 19.0. The van der Waals surface area contributed by atoms with Crippen LogP contribution in [-0.2, 0) is 14.3 Å². The molecule has 7 nitrogen and oxygen atoms in total. The van der Waals surface area contributed by atoms with Gasteiger partial charge in [0.25, 0.3) is 5.91 Å². The molecule has 3 fully saturated rings. The van der Waals surface area contributed by atoms with Crippen molar-refractivity contribution in [2.24, 2.45) is 5.92 Å². The van der Waals surface area contributed by atoms with Gasteiger partial charge in [-0.2, -0.15) is 0 Å². The standard InChI is InChI=1S/C25H33N3O4/c1-16(2)28-24(31)20-9-4-3-8-19(20)21(22(29)26-18-14-32-15-18)25(28)10-12-27(13-11-25)23(30)17-6-5-7-17/h3-4,8-9,16-18,21H,5-7,10-15H2,1-2H3,(H,26,29). The van der Waals surface area contributed by atoms with Crippen LogP contribution in [0.2, 0.25) is 0 Å². The third-order valence-corrected chi connectivity index (χ3v) is 7.90. The Bertz CT molecular complexity index is 914. The van der Waals surface area contributed by atoms with Crippen LogP contribution in [0.5, 0.6) is 0 Å². The summed E-state index contributed by atoms with van der Waals surface area (Å²) in [6.45, 7) is 6.28. The number of carbonyl (C=O) groups excluding carboxylic acids is 3. The predicted octanol–water partition coefficient (Wildman–Crippen LogP) is 2.31. The average molecular weight is 440 g/mol. The van der Waals surface area contributed by atoms with Gasteiger partial charge in [0, 0.05) is 30.6 Å². The Morgan fingerprint density at radius 3 is 2.38 bits per heavy atom. The number of hydrogen-bond donors (Lipinski definition) is 1. The monoisotopic (exact) mass is 439 g/mol. The van der Waals surface area contributed by atoms with E-state index in [4.69, 9.17) is 4.74 Å². The maximum atomic E-state index is 13.7. The first-order chi connectivity index (χ1) is 15.4. The van der Waals surface area contributed by atoms with Crippen molar-refractivity contribution >= 4 is 17.7 Å². The molecule has 0 radical (unpaired) electrons. The van der Waals surface area contributed by atoms with Gasteiger partial charge < -0.3 is 19.9 Å². The number of rotatable bonds is 4. The van der Waals surface area contributed by atoms with Crippen LogP contribution < -0.4 is 5.32 Å². The van der Waals surface area contributed by atoms with Gasteiger partial charge in [0.1, 0.15) is 0 Å². The molecule has 1 unspecified atom stereocenters. The number of nitrogens with zero attached hydrogens (tertiary/aromatic N) is 2. The van der Waals surface area contributed by atoms with Crippen LogP contribution in [0.15, 0.2) is 24.3 Å². The summed E-state index contributed by atoms with van der Waals surface area (Å²) in [7, 11) is 0. The van der Waals surface area contributed by atoms with Crippen molar-refractivity contribution in [1.29, 1.82) is 0 Å². The van der Waals surface area contributed by atoms with E-state index in [9.17, 15) is 14.4 Å². The SMILES string of the molecule is CC(C)N1C(=O)c2ccccc2C(C(=O)NC2COC2)C12CCN(C(=O)C1CCC1)CC2. The Labute approximate surface area is 189 Å². The summed E-state index contributed by atoms with van der Waals surface area (Å²) < 4.78 is 5.26. The van der Waals surface area contributed by atoms with Crippen molar-refractivity contribution in [2.75, 3.05) is 26.3 Å². The van der Waals surface area contributed by atoms with Crippen LogP contribution in [0.4, 0.5) is 0 Å². The van der Waals surface area contributed by atoms with Gasteiger partial charge in [0.15, 0.2) is 0 Å². The second-order valence-corrected chi connectivity index (χ2v) is 10.1. The highest BCUT2D eigenvalue weighted by molar-refractivity contribution is 6.02. The normalized spacial score (nSPS) is 25.3. The summed E-state index contributed by atoms with van der Waals surface area (Å²) >= 11 is 0. The number of nitrogens with one attached hydrogen (secondary N) is 1. The molecule has 0 bridgehead atoms. The summed E-state index contributed by atoms with van der Waals surface area (Å²) in [5.41, 5.74) is 0.792. The van der Waals surface area contributed by atoms with E-state index in [2.05, 4.69) is 5.32 Å². The van der Waals surface area contributed by atoms with E-state index in [-0.39, 0.29) is 35.7 Å². The average Bonchev–Trinajstić information content (AvgIpc) is 2.70. The Balaban J connectivity index is 1.51. The van der Waals surface area contributed by atoms with E-state index in [0.717, 1.165) is 24.8 Å². The first-order valence-corrected chi connectivity index (χ1v) is 12.0. The molecule has 1 spiro atoms. The molecule has 3 heterocycles. The number of benzene rings is 1. The fourth-order valence-electron chi connectivity index (χ4n) is 6.00. The molecular weight excluding hydrogens is 406 g/mol. The summed E-state index contributed by atoms with van der Waals surface area (Å²) in [4.78, 5) is 44.2. The van der Waals surface area contributed by atoms with E-state index in [0.29, 0.717) is 44.7 Å². The Kier molecular flexibility index (Phi) is 5.48. The minimum atomic E-state index is -0.634. The van der Waals surface area contributed by atoms with Gasteiger partial charge in [-0.05, 0) is 51.2 Å². The van der Waals surface area contributed by atoms with Crippen LogP contribution >= 0.6 is 0 Å². The molecule has 5 rings (SSSR count). The van der Waals surface area contributed by atoms with Crippen molar-refractivity contribution in [1.82, 2.24) is 15.1 Å². The number of fused-ring (bicyclic) bond motifs is 1. The molecular formula is C25H33N3O4. The van der Waals surface area contributed by atoms with Crippen molar-refractivity contribution in [2.45, 2.75) is 69.5 Å². The number of piperidine rings is 1. The minimum absolute atomic E-state index is 0.00889. The second kappa shape index (κ2) is 8.18. The highest BCUT2D eigenvalue weighted by Crippen LogP contribution is 2.48. The van der Waals surface area contributed by atoms with Crippen LogP contribution in [0.25, 0.3) is 0 Å².